The van der Waals surface area contributed by atoms with Gasteiger partial charge in [0, 0.05) is 5.56 Å². The molecule has 3 N–H and O–H groups in total. The molecule has 2 rings (SSSR count). The Bertz CT molecular complexity index is 644. The Balaban J connectivity index is 2.45. The molecule has 0 saturated heterocycles. The van der Waals surface area contributed by atoms with Crippen LogP contribution in [0.5, 0.6) is 11.6 Å². The summed E-state index contributed by atoms with van der Waals surface area (Å²) < 4.78 is 9.56. The molecule has 0 radical (unpaired) electrons. The molecular weight excluding hydrogens is 284 g/mol. The topological polar surface area (TPSA) is 94.7 Å². The summed E-state index contributed by atoms with van der Waals surface area (Å²) >= 11 is 5.85. The molecular formula is C13H11ClN2O4. The second-order valence-electron chi connectivity index (χ2n) is 3.81. The summed E-state index contributed by atoms with van der Waals surface area (Å²) in [6.07, 6.45) is -1.51. The lowest BCUT2D eigenvalue weighted by Gasteiger charge is -2.08. The second kappa shape index (κ2) is 5.66. The summed E-state index contributed by atoms with van der Waals surface area (Å²) in [5.41, 5.74) is 7.08. The van der Waals surface area contributed by atoms with Crippen LogP contribution < -0.4 is 15.2 Å². The average Bonchev–Trinajstić information content (AvgIpc) is 2.43. The van der Waals surface area contributed by atoms with Crippen LogP contribution in [0.25, 0.3) is 11.3 Å². The number of carboxylic acid groups (broad SMARTS) is 1. The Hall–Kier alpha value is -2.47. The van der Waals surface area contributed by atoms with E-state index in [1.807, 2.05) is 0 Å². The predicted molar refractivity (Wildman–Crippen MR) is 74.3 cm³/mol. The zero-order chi connectivity index (χ0) is 14.7. The summed E-state index contributed by atoms with van der Waals surface area (Å²) in [7, 11) is 1.56. The lowest BCUT2D eigenvalue weighted by molar-refractivity contribution is 0.142. The van der Waals surface area contributed by atoms with Gasteiger partial charge in [0.15, 0.2) is 0 Å². The van der Waals surface area contributed by atoms with Gasteiger partial charge in [-0.3, -0.25) is 0 Å². The number of nitrogens with zero attached hydrogens (tertiary/aromatic N) is 1. The standard InChI is InChI=1S/C13H11ClN2O4/c1-19-8-4-2-7(3-5-8)10-6-9(15)11(14)12(16-10)20-13(17)18/h2-6H,1H3,(H2,15,16)(H,17,18). The number of hydrogen-bond acceptors (Lipinski definition) is 5. The molecule has 0 aliphatic heterocycles. The molecule has 0 amide bonds. The van der Waals surface area contributed by atoms with E-state index >= 15 is 0 Å². The van der Waals surface area contributed by atoms with Crippen molar-refractivity contribution in [2.45, 2.75) is 0 Å². The van der Waals surface area contributed by atoms with Crippen LogP contribution in [0.1, 0.15) is 0 Å². The number of methoxy groups -OCH3 is 1. The quantitative estimate of drug-likeness (QED) is 0.845. The minimum absolute atomic E-state index is 0.0374. The molecule has 0 unspecified atom stereocenters. The van der Waals surface area contributed by atoms with E-state index in [0.717, 1.165) is 5.56 Å². The van der Waals surface area contributed by atoms with Gasteiger partial charge in [0.2, 0.25) is 5.88 Å². The molecule has 1 aromatic heterocycles. The summed E-state index contributed by atoms with van der Waals surface area (Å²) in [5.74, 6) is 0.447. The van der Waals surface area contributed by atoms with Crippen LogP contribution in [0.15, 0.2) is 30.3 Å². The first-order valence-electron chi connectivity index (χ1n) is 5.52. The average molecular weight is 295 g/mol. The SMILES string of the molecule is COc1ccc(-c2cc(N)c(Cl)c(OC(=O)O)n2)cc1. The van der Waals surface area contributed by atoms with Gasteiger partial charge >= 0.3 is 6.16 Å². The first-order valence-corrected chi connectivity index (χ1v) is 5.90. The van der Waals surface area contributed by atoms with Crippen LogP contribution in [0, 0.1) is 0 Å². The van der Waals surface area contributed by atoms with Crippen molar-refractivity contribution in [3.63, 3.8) is 0 Å². The molecule has 7 heteroatoms. The Morgan fingerprint density at radius 2 is 2.00 bits per heavy atom. The fourth-order valence-electron chi connectivity index (χ4n) is 1.58. The van der Waals surface area contributed by atoms with Crippen molar-refractivity contribution in [3.8, 4) is 22.9 Å². The fraction of sp³-hybridized carbons (Fsp3) is 0.0769. The van der Waals surface area contributed by atoms with Crippen LogP contribution in [0.4, 0.5) is 10.5 Å². The van der Waals surface area contributed by atoms with Gasteiger partial charge in [-0.1, -0.05) is 11.6 Å². The van der Waals surface area contributed by atoms with Gasteiger partial charge in [0.1, 0.15) is 10.8 Å². The van der Waals surface area contributed by atoms with Gasteiger partial charge in [-0.05, 0) is 30.3 Å². The molecule has 0 fully saturated rings. The number of pyridine rings is 1. The van der Waals surface area contributed by atoms with Gasteiger partial charge in [-0.25, -0.2) is 9.78 Å². The van der Waals surface area contributed by atoms with Gasteiger partial charge in [0.25, 0.3) is 0 Å². The minimum atomic E-state index is -1.51. The second-order valence-corrected chi connectivity index (χ2v) is 4.19. The fourth-order valence-corrected chi connectivity index (χ4v) is 1.72. The predicted octanol–water partition coefficient (Wildman–Crippen LogP) is 3.05. The normalized spacial score (nSPS) is 10.1. The molecule has 0 spiro atoms. The number of carbonyl (C=O) groups is 1. The van der Waals surface area contributed by atoms with Crippen LogP contribution in [0.2, 0.25) is 5.02 Å². The number of rotatable bonds is 3. The Morgan fingerprint density at radius 1 is 1.35 bits per heavy atom. The molecule has 6 nitrogen and oxygen atoms in total. The molecule has 2 aromatic rings. The van der Waals surface area contributed by atoms with Crippen LogP contribution >= 0.6 is 11.6 Å². The number of benzene rings is 1. The van der Waals surface area contributed by atoms with E-state index in [1.165, 1.54) is 0 Å². The van der Waals surface area contributed by atoms with Crippen LogP contribution in [-0.4, -0.2) is 23.4 Å². The molecule has 20 heavy (non-hydrogen) atoms. The summed E-state index contributed by atoms with van der Waals surface area (Å²) in [6, 6.07) is 8.57. The molecule has 0 saturated carbocycles. The number of ether oxygens (including phenoxy) is 2. The first kappa shape index (κ1) is 14.0. The van der Waals surface area contributed by atoms with Crippen molar-refractivity contribution < 1.29 is 19.4 Å². The molecule has 0 aliphatic carbocycles. The molecule has 104 valence electrons. The van der Waals surface area contributed by atoms with E-state index in [9.17, 15) is 4.79 Å². The largest absolute Gasteiger partial charge is 0.512 e. The Kier molecular flexibility index (Phi) is 3.95. The molecule has 1 heterocycles. The summed E-state index contributed by atoms with van der Waals surface area (Å²) in [4.78, 5) is 14.6. The van der Waals surface area contributed by atoms with E-state index in [4.69, 9.17) is 27.2 Å². The maximum Gasteiger partial charge on any atom is 0.512 e. The van der Waals surface area contributed by atoms with E-state index in [2.05, 4.69) is 9.72 Å². The minimum Gasteiger partial charge on any atom is -0.497 e. The van der Waals surface area contributed by atoms with E-state index in [1.54, 1.807) is 37.4 Å². The Morgan fingerprint density at radius 3 is 2.55 bits per heavy atom. The number of aromatic nitrogens is 1. The molecule has 0 atom stereocenters. The number of hydrogen-bond donors (Lipinski definition) is 2. The van der Waals surface area contributed by atoms with Crippen molar-refractivity contribution in [2.24, 2.45) is 0 Å². The molecule has 0 aliphatic rings. The third-order valence-corrected chi connectivity index (χ3v) is 2.91. The zero-order valence-electron chi connectivity index (χ0n) is 10.5. The van der Waals surface area contributed by atoms with Crippen molar-refractivity contribution >= 4 is 23.4 Å². The maximum atomic E-state index is 10.6. The van der Waals surface area contributed by atoms with Gasteiger partial charge in [-0.15, -0.1) is 0 Å². The summed E-state index contributed by atoms with van der Waals surface area (Å²) in [5, 5.41) is 8.60. The number of nitrogens with two attached hydrogens (primary N) is 1. The van der Waals surface area contributed by atoms with E-state index in [-0.39, 0.29) is 16.6 Å². The van der Waals surface area contributed by atoms with E-state index in [0.29, 0.717) is 11.4 Å². The number of nitrogen functional groups attached to an aromatic ring is 1. The highest BCUT2D eigenvalue weighted by Gasteiger charge is 2.14. The van der Waals surface area contributed by atoms with Crippen LogP contribution in [-0.2, 0) is 0 Å². The van der Waals surface area contributed by atoms with Crippen molar-refractivity contribution in [1.82, 2.24) is 4.98 Å². The van der Waals surface area contributed by atoms with Crippen molar-refractivity contribution in [3.05, 3.63) is 35.4 Å². The van der Waals surface area contributed by atoms with E-state index < -0.39 is 6.16 Å². The van der Waals surface area contributed by atoms with Gasteiger partial charge in [-0.2, -0.15) is 0 Å². The lowest BCUT2D eigenvalue weighted by Crippen LogP contribution is -2.06. The number of halogens is 1. The highest BCUT2D eigenvalue weighted by Crippen LogP contribution is 2.33. The van der Waals surface area contributed by atoms with Gasteiger partial charge < -0.3 is 20.3 Å². The zero-order valence-corrected chi connectivity index (χ0v) is 11.2. The van der Waals surface area contributed by atoms with Crippen molar-refractivity contribution in [1.29, 1.82) is 0 Å². The molecule has 0 bridgehead atoms. The third-order valence-electron chi connectivity index (χ3n) is 2.53. The number of anilines is 1. The summed E-state index contributed by atoms with van der Waals surface area (Å²) in [6.45, 7) is 0. The monoisotopic (exact) mass is 294 g/mol. The smallest absolute Gasteiger partial charge is 0.497 e. The molecule has 1 aromatic carbocycles. The van der Waals surface area contributed by atoms with Crippen molar-refractivity contribution in [2.75, 3.05) is 12.8 Å². The highest BCUT2D eigenvalue weighted by atomic mass is 35.5. The third kappa shape index (κ3) is 2.92. The van der Waals surface area contributed by atoms with Gasteiger partial charge in [0.05, 0.1) is 18.5 Å². The maximum absolute atomic E-state index is 10.6. The Labute approximate surface area is 119 Å². The first-order chi connectivity index (χ1) is 9.51. The lowest BCUT2D eigenvalue weighted by atomic mass is 10.1. The highest BCUT2D eigenvalue weighted by molar-refractivity contribution is 6.34. The van der Waals surface area contributed by atoms with Crippen LogP contribution in [0.3, 0.4) is 0 Å².